The van der Waals surface area contributed by atoms with Crippen LogP contribution in [0.3, 0.4) is 0 Å². The fourth-order valence-electron chi connectivity index (χ4n) is 0.377. The van der Waals surface area contributed by atoms with Crippen molar-refractivity contribution in [2.45, 2.75) is 19.3 Å². The lowest BCUT2D eigenvalue weighted by Crippen LogP contribution is -2.25. The first-order valence-corrected chi connectivity index (χ1v) is 2.52. The van der Waals surface area contributed by atoms with Crippen molar-refractivity contribution in [3.8, 4) is 0 Å². The molecule has 0 fully saturated rings. The van der Waals surface area contributed by atoms with Gasteiger partial charge in [0.2, 0.25) is 0 Å². The number of carboxylic acids is 2. The third-order valence-electron chi connectivity index (χ3n) is 0.762. The molecule has 0 aromatic heterocycles. The second-order valence-corrected chi connectivity index (χ2v) is 1.60. The number of rotatable bonds is 4. The average Bonchev–Trinajstić information content (AvgIpc) is 1.63. The van der Waals surface area contributed by atoms with Crippen molar-refractivity contribution < 1.29 is 19.8 Å². The number of quaternary nitrogens is 1. The van der Waals surface area contributed by atoms with Crippen molar-refractivity contribution in [2.24, 2.45) is 0 Å². The van der Waals surface area contributed by atoms with E-state index in [0.29, 0.717) is 0 Å². The maximum Gasteiger partial charge on any atom is 0.0414 e. The summed E-state index contributed by atoms with van der Waals surface area (Å²) < 4.78 is 0. The first-order chi connectivity index (χ1) is 4.13. The Kier molecular flexibility index (Phi) is 7.03. The molecule has 0 bridgehead atoms. The molecule has 0 saturated heterocycles. The Morgan fingerprint density at radius 1 is 1.00 bits per heavy atom. The number of hydrogen-bond acceptors (Lipinski definition) is 4. The maximum atomic E-state index is 9.66. The van der Waals surface area contributed by atoms with Crippen molar-refractivity contribution >= 4 is 11.9 Å². The van der Waals surface area contributed by atoms with Crippen LogP contribution in [-0.4, -0.2) is 11.9 Å². The Morgan fingerprint density at radius 3 is 1.50 bits per heavy atom. The highest BCUT2D eigenvalue weighted by Gasteiger charge is 1.87. The van der Waals surface area contributed by atoms with Crippen LogP contribution in [0, 0.1) is 0 Å². The second kappa shape index (κ2) is 6.03. The average molecular weight is 148 g/mol. The van der Waals surface area contributed by atoms with Gasteiger partial charge in [0.15, 0.2) is 0 Å². The standard InChI is InChI=1S/C5H8O4.H3N/c6-4(7)2-1-3-5(8)9;/h1-3H2,(H,6,7)(H,8,9);1H3/p-1. The van der Waals surface area contributed by atoms with Crippen LogP contribution in [-0.2, 0) is 9.59 Å². The molecule has 0 atom stereocenters. The monoisotopic (exact) mass is 148 g/mol. The predicted octanol–water partition coefficient (Wildman–Crippen LogP) is -1.97. The van der Waals surface area contributed by atoms with E-state index in [9.17, 15) is 19.8 Å². The molecule has 0 amide bonds. The summed E-state index contributed by atoms with van der Waals surface area (Å²) >= 11 is 0. The smallest absolute Gasteiger partial charge is 0.0414 e. The SMILES string of the molecule is O=C([O-])CCCC(=O)[O-].[NH4+]. The predicted molar refractivity (Wildman–Crippen MR) is 29.8 cm³/mol. The first kappa shape index (κ1) is 11.7. The molecular formula is C5H10NO4-. The molecule has 0 aliphatic rings. The van der Waals surface area contributed by atoms with Crippen LogP contribution in [0.15, 0.2) is 0 Å². The molecule has 0 aromatic carbocycles. The zero-order valence-electron chi connectivity index (χ0n) is 5.75. The van der Waals surface area contributed by atoms with E-state index in [1.165, 1.54) is 0 Å². The lowest BCUT2D eigenvalue weighted by molar-refractivity contribution is -0.307. The highest BCUT2D eigenvalue weighted by atomic mass is 16.4. The Balaban J connectivity index is 0. The molecule has 0 heterocycles. The van der Waals surface area contributed by atoms with E-state index in [0.717, 1.165) is 0 Å². The molecule has 0 rings (SSSR count). The van der Waals surface area contributed by atoms with Crippen molar-refractivity contribution in [1.29, 1.82) is 0 Å². The summed E-state index contributed by atoms with van der Waals surface area (Å²) in [6, 6.07) is 0. The fourth-order valence-corrected chi connectivity index (χ4v) is 0.377. The van der Waals surface area contributed by atoms with Crippen molar-refractivity contribution in [2.75, 3.05) is 0 Å². The van der Waals surface area contributed by atoms with Gasteiger partial charge in [0.1, 0.15) is 0 Å². The summed E-state index contributed by atoms with van der Waals surface area (Å²) in [4.78, 5) is 19.3. The molecule has 10 heavy (non-hydrogen) atoms. The minimum absolute atomic E-state index is 0. The molecule has 60 valence electrons. The minimum Gasteiger partial charge on any atom is -0.550 e. The van der Waals surface area contributed by atoms with E-state index in [1.807, 2.05) is 0 Å². The molecule has 0 aliphatic heterocycles. The number of aliphatic carboxylic acids is 2. The molecule has 4 N–H and O–H groups in total. The van der Waals surface area contributed by atoms with Crippen LogP contribution >= 0.6 is 0 Å². The molecule has 5 heteroatoms. The normalized spacial score (nSPS) is 8.00. The van der Waals surface area contributed by atoms with Gasteiger partial charge in [-0.05, 0) is 19.3 Å². The van der Waals surface area contributed by atoms with Crippen LogP contribution in [0.4, 0.5) is 0 Å². The molecule has 0 aromatic rings. The van der Waals surface area contributed by atoms with Gasteiger partial charge in [0, 0.05) is 11.9 Å². The second-order valence-electron chi connectivity index (χ2n) is 1.60. The molecular weight excluding hydrogens is 138 g/mol. The summed E-state index contributed by atoms with van der Waals surface area (Å²) in [6.07, 6.45) is -0.341. The van der Waals surface area contributed by atoms with Crippen molar-refractivity contribution in [1.82, 2.24) is 6.15 Å². The van der Waals surface area contributed by atoms with Gasteiger partial charge in [-0.3, -0.25) is 0 Å². The lowest BCUT2D eigenvalue weighted by Gasteiger charge is -2.01. The van der Waals surface area contributed by atoms with Gasteiger partial charge in [0.25, 0.3) is 0 Å². The number of hydrogen-bond donors (Lipinski definition) is 1. The quantitative estimate of drug-likeness (QED) is 0.497. The Labute approximate surface area is 58.2 Å². The van der Waals surface area contributed by atoms with Gasteiger partial charge >= 0.3 is 0 Å². The summed E-state index contributed by atoms with van der Waals surface area (Å²) in [6.45, 7) is 0. The molecule has 0 aliphatic carbocycles. The summed E-state index contributed by atoms with van der Waals surface area (Å²) in [5, 5.41) is 19.3. The van der Waals surface area contributed by atoms with Crippen molar-refractivity contribution in [3.63, 3.8) is 0 Å². The van der Waals surface area contributed by atoms with E-state index in [2.05, 4.69) is 0 Å². The lowest BCUT2D eigenvalue weighted by atomic mass is 10.2. The van der Waals surface area contributed by atoms with Gasteiger partial charge in [-0.25, -0.2) is 0 Å². The Morgan fingerprint density at radius 2 is 1.30 bits per heavy atom. The van der Waals surface area contributed by atoms with Gasteiger partial charge in [0.05, 0.1) is 0 Å². The van der Waals surface area contributed by atoms with Crippen LogP contribution < -0.4 is 16.4 Å². The third kappa shape index (κ3) is 10.0. The number of carbonyl (C=O) groups excluding carboxylic acids is 2. The van der Waals surface area contributed by atoms with Crippen molar-refractivity contribution in [3.05, 3.63) is 0 Å². The number of carbonyl (C=O) groups is 2. The highest BCUT2D eigenvalue weighted by Crippen LogP contribution is 1.90. The van der Waals surface area contributed by atoms with Crippen LogP contribution in [0.25, 0.3) is 0 Å². The zero-order chi connectivity index (χ0) is 7.28. The Hall–Kier alpha value is -1.10. The topological polar surface area (TPSA) is 117 Å². The van der Waals surface area contributed by atoms with E-state index < -0.39 is 11.9 Å². The van der Waals surface area contributed by atoms with E-state index in [1.54, 1.807) is 0 Å². The van der Waals surface area contributed by atoms with E-state index >= 15 is 0 Å². The minimum atomic E-state index is -1.23. The first-order valence-electron chi connectivity index (χ1n) is 2.52. The van der Waals surface area contributed by atoms with Gasteiger partial charge in [-0.1, -0.05) is 0 Å². The molecule has 0 unspecified atom stereocenters. The summed E-state index contributed by atoms with van der Waals surface area (Å²) in [5.74, 6) is -2.45. The van der Waals surface area contributed by atoms with Gasteiger partial charge in [-0.15, -0.1) is 0 Å². The molecule has 0 radical (unpaired) electrons. The molecule has 5 nitrogen and oxygen atoms in total. The van der Waals surface area contributed by atoms with Gasteiger partial charge < -0.3 is 26.0 Å². The third-order valence-corrected chi connectivity index (χ3v) is 0.762. The number of carboxylic acid groups (broad SMARTS) is 2. The van der Waals surface area contributed by atoms with E-state index in [4.69, 9.17) is 0 Å². The summed E-state index contributed by atoms with van der Waals surface area (Å²) in [7, 11) is 0. The maximum absolute atomic E-state index is 9.66. The van der Waals surface area contributed by atoms with E-state index in [-0.39, 0.29) is 25.4 Å². The summed E-state index contributed by atoms with van der Waals surface area (Å²) in [5.41, 5.74) is 0. The van der Waals surface area contributed by atoms with Crippen LogP contribution in [0.2, 0.25) is 0 Å². The molecule has 0 saturated carbocycles. The fraction of sp³-hybridized carbons (Fsp3) is 0.600. The Bertz CT molecular complexity index is 109. The largest absolute Gasteiger partial charge is 0.550 e. The molecule has 0 spiro atoms. The van der Waals surface area contributed by atoms with Gasteiger partial charge in [-0.2, -0.15) is 0 Å². The van der Waals surface area contributed by atoms with Crippen LogP contribution in [0.5, 0.6) is 0 Å². The van der Waals surface area contributed by atoms with Crippen LogP contribution in [0.1, 0.15) is 19.3 Å². The zero-order valence-corrected chi connectivity index (χ0v) is 5.75. The highest BCUT2D eigenvalue weighted by molar-refractivity contribution is 5.67.